The highest BCUT2D eigenvalue weighted by Crippen LogP contribution is 2.25. The Kier molecular flexibility index (Phi) is 3.81. The van der Waals surface area contributed by atoms with Crippen molar-refractivity contribution in [3.05, 3.63) is 52.3 Å². The number of carbonyl (C=O) groups excluding carboxylic acids is 2. The second-order valence-electron chi connectivity index (χ2n) is 4.21. The molecule has 0 radical (unpaired) electrons. The van der Waals surface area contributed by atoms with Crippen LogP contribution in [0, 0.1) is 0 Å². The molecule has 104 valence electrons. The number of ether oxygens (including phenoxy) is 1. The topological polar surface area (TPSA) is 68.5 Å². The highest BCUT2D eigenvalue weighted by atomic mass is 35.5. The van der Waals surface area contributed by atoms with Gasteiger partial charge in [0, 0.05) is 23.8 Å². The number of nitrogens with zero attached hydrogens (tertiary/aromatic N) is 1. The van der Waals surface area contributed by atoms with Crippen molar-refractivity contribution in [1.29, 1.82) is 0 Å². The summed E-state index contributed by atoms with van der Waals surface area (Å²) in [5.41, 5.74) is 0.599. The smallest absolute Gasteiger partial charge is 0.354 e. The molecule has 0 amide bonds. The van der Waals surface area contributed by atoms with Gasteiger partial charge in [0.25, 0.3) is 0 Å². The summed E-state index contributed by atoms with van der Waals surface area (Å²) in [4.78, 5) is 23.8. The number of phenols is 1. The number of halogens is 1. The number of ketones is 1. The fraction of sp³-hybridized carbons (Fsp3) is 0.143. The van der Waals surface area contributed by atoms with Crippen LogP contribution < -0.4 is 0 Å². The van der Waals surface area contributed by atoms with Gasteiger partial charge in [0.1, 0.15) is 11.4 Å². The Bertz CT molecular complexity index is 690. The maximum Gasteiger partial charge on any atom is 0.354 e. The molecule has 0 spiro atoms. The average molecular weight is 294 g/mol. The van der Waals surface area contributed by atoms with Crippen LogP contribution in [0.3, 0.4) is 0 Å². The molecule has 0 unspecified atom stereocenters. The lowest BCUT2D eigenvalue weighted by Crippen LogP contribution is -2.06. The molecule has 6 heteroatoms. The molecule has 0 atom stereocenters. The molecule has 0 saturated carbocycles. The Morgan fingerprint density at radius 1 is 1.30 bits per heavy atom. The van der Waals surface area contributed by atoms with Crippen molar-refractivity contribution in [2.45, 2.75) is 0 Å². The zero-order valence-corrected chi connectivity index (χ0v) is 11.6. The fourth-order valence-electron chi connectivity index (χ4n) is 1.84. The first-order valence-corrected chi connectivity index (χ1v) is 6.09. The number of rotatable bonds is 3. The summed E-state index contributed by atoms with van der Waals surface area (Å²) < 4.78 is 6.10. The van der Waals surface area contributed by atoms with E-state index in [2.05, 4.69) is 4.74 Å². The lowest BCUT2D eigenvalue weighted by Gasteiger charge is -2.02. The third-order valence-electron chi connectivity index (χ3n) is 2.86. The maximum absolute atomic E-state index is 12.3. The van der Waals surface area contributed by atoms with Crippen LogP contribution in [0.1, 0.15) is 26.4 Å². The first-order chi connectivity index (χ1) is 9.43. The zero-order valence-electron chi connectivity index (χ0n) is 10.9. The van der Waals surface area contributed by atoms with Crippen LogP contribution in [-0.4, -0.2) is 28.5 Å². The molecule has 1 aromatic carbocycles. The lowest BCUT2D eigenvalue weighted by molar-refractivity contribution is 0.0590. The van der Waals surface area contributed by atoms with Crippen molar-refractivity contribution >= 4 is 23.4 Å². The molecular formula is C14H12ClNO4. The number of phenolic OH excluding ortho intramolecular Hbond substituents is 1. The van der Waals surface area contributed by atoms with Gasteiger partial charge in [0.05, 0.1) is 12.7 Å². The van der Waals surface area contributed by atoms with Gasteiger partial charge < -0.3 is 14.4 Å². The number of esters is 1. The van der Waals surface area contributed by atoms with E-state index in [1.165, 1.54) is 42.1 Å². The van der Waals surface area contributed by atoms with Crippen LogP contribution in [0.2, 0.25) is 5.02 Å². The van der Waals surface area contributed by atoms with E-state index in [1.54, 1.807) is 7.05 Å². The van der Waals surface area contributed by atoms with Crippen LogP contribution in [0.25, 0.3) is 0 Å². The molecule has 1 N–H and O–H groups in total. The summed E-state index contributed by atoms with van der Waals surface area (Å²) in [6, 6.07) is 5.62. The normalized spacial score (nSPS) is 10.3. The average Bonchev–Trinajstić information content (AvgIpc) is 2.82. The predicted octanol–water partition coefficient (Wildman–Crippen LogP) is 2.40. The minimum absolute atomic E-state index is 0.0829. The molecule has 2 aromatic rings. The van der Waals surface area contributed by atoms with Gasteiger partial charge >= 0.3 is 5.97 Å². The summed E-state index contributed by atoms with van der Waals surface area (Å²) >= 11 is 5.82. The van der Waals surface area contributed by atoms with Crippen LogP contribution in [0.15, 0.2) is 30.5 Å². The number of hydrogen-bond donors (Lipinski definition) is 1. The standard InChI is InChI=1S/C14H12ClNO4/c1-16-7-8(5-11(16)14(19)20-2)13(18)10-6-9(15)3-4-12(10)17/h3-7,17H,1-2H3. The number of carbonyl (C=O) groups is 2. The van der Waals surface area contributed by atoms with Gasteiger partial charge in [-0.25, -0.2) is 4.79 Å². The Labute approximate surface area is 120 Å². The summed E-state index contributed by atoms with van der Waals surface area (Å²) in [6.07, 6.45) is 1.49. The van der Waals surface area contributed by atoms with Crippen molar-refractivity contribution in [2.75, 3.05) is 7.11 Å². The van der Waals surface area contributed by atoms with E-state index in [1.807, 2.05) is 0 Å². The van der Waals surface area contributed by atoms with Crippen LogP contribution in [0.4, 0.5) is 0 Å². The van der Waals surface area contributed by atoms with Crippen LogP contribution in [0.5, 0.6) is 5.75 Å². The van der Waals surface area contributed by atoms with E-state index in [9.17, 15) is 14.7 Å². The first kappa shape index (κ1) is 14.1. The number of benzene rings is 1. The summed E-state index contributed by atoms with van der Waals surface area (Å²) in [5, 5.41) is 10.1. The minimum Gasteiger partial charge on any atom is -0.507 e. The molecule has 5 nitrogen and oxygen atoms in total. The van der Waals surface area contributed by atoms with Gasteiger partial charge in [0.2, 0.25) is 0 Å². The van der Waals surface area contributed by atoms with Gasteiger partial charge in [-0.05, 0) is 24.3 Å². The quantitative estimate of drug-likeness (QED) is 0.697. The van der Waals surface area contributed by atoms with Crippen molar-refractivity contribution in [3.63, 3.8) is 0 Å². The molecule has 1 aromatic heterocycles. The number of methoxy groups -OCH3 is 1. The third-order valence-corrected chi connectivity index (χ3v) is 3.10. The molecule has 0 bridgehead atoms. The molecule has 1 heterocycles. The molecule has 0 fully saturated rings. The van der Waals surface area contributed by atoms with E-state index in [4.69, 9.17) is 11.6 Å². The lowest BCUT2D eigenvalue weighted by atomic mass is 10.0. The van der Waals surface area contributed by atoms with Gasteiger partial charge in [-0.1, -0.05) is 11.6 Å². The van der Waals surface area contributed by atoms with Gasteiger partial charge in [-0.2, -0.15) is 0 Å². The number of aryl methyl sites for hydroxylation is 1. The SMILES string of the molecule is COC(=O)c1cc(C(=O)c2cc(Cl)ccc2O)cn1C. The Hall–Kier alpha value is -2.27. The van der Waals surface area contributed by atoms with Crippen molar-refractivity contribution in [1.82, 2.24) is 4.57 Å². The van der Waals surface area contributed by atoms with E-state index in [-0.39, 0.29) is 22.6 Å². The fourth-order valence-corrected chi connectivity index (χ4v) is 2.01. The number of aromatic nitrogens is 1. The van der Waals surface area contributed by atoms with Gasteiger partial charge in [-0.15, -0.1) is 0 Å². The maximum atomic E-state index is 12.3. The van der Waals surface area contributed by atoms with Gasteiger partial charge in [-0.3, -0.25) is 4.79 Å². The highest BCUT2D eigenvalue weighted by Gasteiger charge is 2.19. The monoisotopic (exact) mass is 293 g/mol. The Balaban J connectivity index is 2.44. The number of hydrogen-bond acceptors (Lipinski definition) is 4. The zero-order chi connectivity index (χ0) is 14.9. The van der Waals surface area contributed by atoms with Gasteiger partial charge in [0.15, 0.2) is 5.78 Å². The van der Waals surface area contributed by atoms with Crippen molar-refractivity contribution in [2.24, 2.45) is 7.05 Å². The molecule has 0 aliphatic rings. The van der Waals surface area contributed by atoms with E-state index >= 15 is 0 Å². The highest BCUT2D eigenvalue weighted by molar-refractivity contribution is 6.31. The van der Waals surface area contributed by atoms with E-state index in [0.29, 0.717) is 5.02 Å². The first-order valence-electron chi connectivity index (χ1n) is 5.72. The summed E-state index contributed by atoms with van der Waals surface area (Å²) in [6.45, 7) is 0. The molecule has 0 aliphatic carbocycles. The molecule has 0 saturated heterocycles. The van der Waals surface area contributed by atoms with E-state index in [0.717, 1.165) is 0 Å². The van der Waals surface area contributed by atoms with Crippen LogP contribution >= 0.6 is 11.6 Å². The number of aromatic hydroxyl groups is 1. The Morgan fingerprint density at radius 3 is 2.65 bits per heavy atom. The Morgan fingerprint density at radius 2 is 2.00 bits per heavy atom. The molecule has 20 heavy (non-hydrogen) atoms. The minimum atomic E-state index is -0.540. The van der Waals surface area contributed by atoms with Crippen molar-refractivity contribution < 1.29 is 19.4 Å². The van der Waals surface area contributed by atoms with Crippen LogP contribution in [-0.2, 0) is 11.8 Å². The van der Waals surface area contributed by atoms with E-state index < -0.39 is 11.8 Å². The second-order valence-corrected chi connectivity index (χ2v) is 4.64. The summed E-state index contributed by atoms with van der Waals surface area (Å²) in [5.74, 6) is -1.12. The largest absolute Gasteiger partial charge is 0.507 e. The third kappa shape index (κ3) is 2.53. The second kappa shape index (κ2) is 5.38. The molecular weight excluding hydrogens is 282 g/mol. The predicted molar refractivity (Wildman–Crippen MR) is 73.3 cm³/mol. The summed E-state index contributed by atoms with van der Waals surface area (Å²) in [7, 11) is 2.89. The molecule has 2 rings (SSSR count). The van der Waals surface area contributed by atoms with Crippen molar-refractivity contribution in [3.8, 4) is 5.75 Å². The molecule has 0 aliphatic heterocycles.